The van der Waals surface area contributed by atoms with E-state index in [-0.39, 0.29) is 23.7 Å². The minimum atomic E-state index is 0.0253. The summed E-state index contributed by atoms with van der Waals surface area (Å²) in [6.07, 6.45) is 2.92. The first-order valence-electron chi connectivity index (χ1n) is 9.48. The van der Waals surface area contributed by atoms with E-state index in [9.17, 15) is 9.90 Å². The summed E-state index contributed by atoms with van der Waals surface area (Å²) < 4.78 is 5.66. The molecule has 5 heteroatoms. The number of carbonyl (C=O) groups excluding carboxylic acids is 1. The number of phenols is 1. The number of phenolic OH excluding ortho intramolecular Hbond substituents is 1. The molecule has 1 aliphatic rings. The Morgan fingerprint density at radius 1 is 1.22 bits per heavy atom. The highest BCUT2D eigenvalue weighted by Gasteiger charge is 2.23. The van der Waals surface area contributed by atoms with Gasteiger partial charge in [0.1, 0.15) is 11.5 Å². The summed E-state index contributed by atoms with van der Waals surface area (Å²) >= 11 is 0. The van der Waals surface area contributed by atoms with Gasteiger partial charge >= 0.3 is 0 Å². The lowest BCUT2D eigenvalue weighted by Crippen LogP contribution is -2.35. The second-order valence-corrected chi connectivity index (χ2v) is 7.32. The van der Waals surface area contributed by atoms with Crippen molar-refractivity contribution in [1.82, 2.24) is 10.2 Å². The summed E-state index contributed by atoms with van der Waals surface area (Å²) in [5, 5.41) is 12.6. The van der Waals surface area contributed by atoms with E-state index in [0.29, 0.717) is 13.0 Å². The van der Waals surface area contributed by atoms with Gasteiger partial charge in [-0.15, -0.1) is 0 Å². The Labute approximate surface area is 161 Å². The highest BCUT2D eigenvalue weighted by molar-refractivity contribution is 5.76. The molecule has 2 aromatic rings. The van der Waals surface area contributed by atoms with Gasteiger partial charge in [-0.3, -0.25) is 4.79 Å². The van der Waals surface area contributed by atoms with Gasteiger partial charge in [0.05, 0.1) is 12.6 Å². The van der Waals surface area contributed by atoms with Crippen LogP contribution in [0.3, 0.4) is 0 Å². The monoisotopic (exact) mass is 368 g/mol. The Hall–Kier alpha value is -2.53. The van der Waals surface area contributed by atoms with Crippen molar-refractivity contribution >= 4 is 5.91 Å². The number of rotatable bonds is 7. The van der Waals surface area contributed by atoms with Gasteiger partial charge in [-0.1, -0.05) is 30.3 Å². The Balaban J connectivity index is 1.55. The van der Waals surface area contributed by atoms with Crippen molar-refractivity contribution in [3.63, 3.8) is 0 Å². The van der Waals surface area contributed by atoms with Crippen LogP contribution in [-0.4, -0.2) is 42.7 Å². The van der Waals surface area contributed by atoms with Crippen LogP contribution in [-0.2, 0) is 11.2 Å². The summed E-state index contributed by atoms with van der Waals surface area (Å²) in [4.78, 5) is 14.7. The number of carbonyl (C=O) groups is 1. The molecular formula is C22H28N2O3. The lowest BCUT2D eigenvalue weighted by atomic mass is 9.99. The van der Waals surface area contributed by atoms with Crippen LogP contribution in [0.15, 0.2) is 48.5 Å². The summed E-state index contributed by atoms with van der Waals surface area (Å²) in [5.74, 6) is 1.22. The maximum absolute atomic E-state index is 12.5. The molecule has 3 rings (SSSR count). The number of likely N-dealkylation sites (N-methyl/N-ethyl adjacent to an activating group) is 1. The second-order valence-electron chi connectivity index (χ2n) is 7.32. The van der Waals surface area contributed by atoms with Crippen LogP contribution >= 0.6 is 0 Å². The average Bonchev–Trinajstić information content (AvgIpc) is 2.66. The van der Waals surface area contributed by atoms with Crippen molar-refractivity contribution in [3.05, 3.63) is 59.7 Å². The minimum absolute atomic E-state index is 0.0253. The highest BCUT2D eigenvalue weighted by Crippen LogP contribution is 2.31. The molecule has 0 saturated heterocycles. The van der Waals surface area contributed by atoms with E-state index in [1.54, 1.807) is 12.1 Å². The topological polar surface area (TPSA) is 61.8 Å². The molecule has 27 heavy (non-hydrogen) atoms. The van der Waals surface area contributed by atoms with E-state index in [4.69, 9.17) is 4.74 Å². The van der Waals surface area contributed by atoms with E-state index in [1.165, 1.54) is 0 Å². The van der Waals surface area contributed by atoms with Gasteiger partial charge in [0.15, 0.2) is 0 Å². The molecule has 2 aromatic carbocycles. The first kappa shape index (κ1) is 19.2. The lowest BCUT2D eigenvalue weighted by Gasteiger charge is -2.28. The zero-order valence-electron chi connectivity index (χ0n) is 16.0. The molecule has 1 amide bonds. The fraction of sp³-hybridized carbons (Fsp3) is 0.409. The van der Waals surface area contributed by atoms with Gasteiger partial charge in [-0.05, 0) is 50.7 Å². The smallest absolute Gasteiger partial charge is 0.220 e. The van der Waals surface area contributed by atoms with Crippen molar-refractivity contribution < 1.29 is 14.6 Å². The quantitative estimate of drug-likeness (QED) is 0.787. The third kappa shape index (κ3) is 5.23. The lowest BCUT2D eigenvalue weighted by molar-refractivity contribution is -0.122. The van der Waals surface area contributed by atoms with Crippen LogP contribution in [0.1, 0.15) is 36.4 Å². The van der Waals surface area contributed by atoms with Crippen LogP contribution in [0, 0.1) is 0 Å². The number of hydrogen-bond donors (Lipinski definition) is 2. The SMILES string of the molecule is CN(C)[C@H](CCC(=O)NC1CCOc2ccccc21)Cc1ccc(O)cc1. The molecule has 0 saturated carbocycles. The number of fused-ring (bicyclic) bond motifs is 1. The molecule has 0 aliphatic carbocycles. The van der Waals surface area contributed by atoms with Crippen LogP contribution in [0.25, 0.3) is 0 Å². The van der Waals surface area contributed by atoms with Crippen LogP contribution in [0.4, 0.5) is 0 Å². The van der Waals surface area contributed by atoms with E-state index in [2.05, 4.69) is 10.2 Å². The van der Waals surface area contributed by atoms with E-state index in [1.807, 2.05) is 50.5 Å². The molecule has 144 valence electrons. The van der Waals surface area contributed by atoms with Crippen LogP contribution in [0.2, 0.25) is 0 Å². The van der Waals surface area contributed by atoms with Crippen molar-refractivity contribution in [2.45, 2.75) is 37.8 Å². The van der Waals surface area contributed by atoms with Gasteiger partial charge in [-0.2, -0.15) is 0 Å². The summed E-state index contributed by atoms with van der Waals surface area (Å²) in [6.45, 7) is 0.628. The Morgan fingerprint density at radius 2 is 1.96 bits per heavy atom. The normalized spacial score (nSPS) is 17.1. The zero-order chi connectivity index (χ0) is 19.2. The Morgan fingerprint density at radius 3 is 2.70 bits per heavy atom. The molecule has 2 atom stereocenters. The predicted octanol–water partition coefficient (Wildman–Crippen LogP) is 3.29. The first-order chi connectivity index (χ1) is 13.0. The van der Waals surface area contributed by atoms with E-state index >= 15 is 0 Å². The molecule has 1 heterocycles. The van der Waals surface area contributed by atoms with Crippen molar-refractivity contribution in [2.75, 3.05) is 20.7 Å². The van der Waals surface area contributed by atoms with Crippen molar-refractivity contribution in [2.24, 2.45) is 0 Å². The van der Waals surface area contributed by atoms with E-state index in [0.717, 1.165) is 36.1 Å². The largest absolute Gasteiger partial charge is 0.508 e. The molecular weight excluding hydrogens is 340 g/mol. The number of benzene rings is 2. The molecule has 0 fully saturated rings. The third-order valence-electron chi connectivity index (χ3n) is 5.14. The van der Waals surface area contributed by atoms with Crippen LogP contribution in [0.5, 0.6) is 11.5 Å². The fourth-order valence-corrected chi connectivity index (χ4v) is 3.50. The highest BCUT2D eigenvalue weighted by atomic mass is 16.5. The standard InChI is InChI=1S/C22H28N2O3/c1-24(2)17(15-16-7-10-18(25)11-8-16)9-12-22(26)23-20-13-14-27-21-6-4-3-5-19(20)21/h3-8,10-11,17,20,25H,9,12-15H2,1-2H3,(H,23,26)/t17-,20?/m1/s1. The Kier molecular flexibility index (Phi) is 6.35. The molecule has 0 bridgehead atoms. The van der Waals surface area contributed by atoms with Crippen molar-refractivity contribution in [1.29, 1.82) is 0 Å². The molecule has 5 nitrogen and oxygen atoms in total. The minimum Gasteiger partial charge on any atom is -0.508 e. The fourth-order valence-electron chi connectivity index (χ4n) is 3.50. The number of aromatic hydroxyl groups is 1. The Bertz CT molecular complexity index is 758. The molecule has 0 aromatic heterocycles. The molecule has 1 aliphatic heterocycles. The maximum atomic E-state index is 12.5. The molecule has 2 N–H and O–H groups in total. The number of para-hydroxylation sites is 1. The van der Waals surface area contributed by atoms with E-state index < -0.39 is 0 Å². The van der Waals surface area contributed by atoms with Gasteiger partial charge in [0, 0.05) is 24.4 Å². The van der Waals surface area contributed by atoms with Gasteiger partial charge in [-0.25, -0.2) is 0 Å². The van der Waals surface area contributed by atoms with Crippen LogP contribution < -0.4 is 10.1 Å². The summed E-state index contributed by atoms with van der Waals surface area (Å²) in [5.41, 5.74) is 2.22. The second kappa shape index (κ2) is 8.91. The van der Waals surface area contributed by atoms with Gasteiger partial charge in [0.2, 0.25) is 5.91 Å². The molecule has 1 unspecified atom stereocenters. The average molecular weight is 368 g/mol. The summed E-state index contributed by atoms with van der Waals surface area (Å²) in [6, 6.07) is 15.5. The number of hydrogen-bond acceptors (Lipinski definition) is 4. The van der Waals surface area contributed by atoms with Gasteiger partial charge in [0.25, 0.3) is 0 Å². The molecule has 0 spiro atoms. The van der Waals surface area contributed by atoms with Crippen molar-refractivity contribution in [3.8, 4) is 11.5 Å². The first-order valence-corrected chi connectivity index (χ1v) is 9.48. The molecule has 0 radical (unpaired) electrons. The summed E-state index contributed by atoms with van der Waals surface area (Å²) in [7, 11) is 4.08. The number of nitrogens with zero attached hydrogens (tertiary/aromatic N) is 1. The number of ether oxygens (including phenoxy) is 1. The zero-order valence-corrected chi connectivity index (χ0v) is 16.0. The third-order valence-corrected chi connectivity index (χ3v) is 5.14. The van der Waals surface area contributed by atoms with Gasteiger partial charge < -0.3 is 20.1 Å². The number of amides is 1. The predicted molar refractivity (Wildman–Crippen MR) is 106 cm³/mol. The number of nitrogens with one attached hydrogen (secondary N) is 1. The maximum Gasteiger partial charge on any atom is 0.220 e.